The number of rotatable bonds is 15. The minimum atomic E-state index is 0.886. The van der Waals surface area contributed by atoms with Crippen LogP contribution in [-0.4, -0.2) is 37.1 Å². The lowest BCUT2D eigenvalue weighted by atomic mass is 9.92. The normalized spacial score (nSPS) is 17.6. The van der Waals surface area contributed by atoms with E-state index in [9.17, 15) is 0 Å². The smallest absolute Gasteiger partial charge is 0.00955 e. The first-order valence-electron chi connectivity index (χ1n) is 10.3. The van der Waals surface area contributed by atoms with E-state index in [1.807, 2.05) is 0 Å². The third-order valence-corrected chi connectivity index (χ3v) is 5.22. The molecule has 1 rings (SSSR count). The summed E-state index contributed by atoms with van der Waals surface area (Å²) in [5, 5.41) is 3.51. The lowest BCUT2D eigenvalue weighted by Gasteiger charge is -2.45. The van der Waals surface area contributed by atoms with E-state index in [2.05, 4.69) is 31.0 Å². The highest BCUT2D eigenvalue weighted by Crippen LogP contribution is 2.25. The van der Waals surface area contributed by atoms with Gasteiger partial charge in [0.1, 0.15) is 0 Å². The Morgan fingerprint density at radius 3 is 1.91 bits per heavy atom. The fourth-order valence-corrected chi connectivity index (χ4v) is 3.69. The highest BCUT2D eigenvalue weighted by atomic mass is 15.2. The summed E-state index contributed by atoms with van der Waals surface area (Å²) in [6.07, 6.45) is 15.7. The second-order valence-electron chi connectivity index (χ2n) is 7.33. The Hall–Kier alpha value is -0.0800. The number of likely N-dealkylation sites (tertiary alicyclic amines) is 1. The molecule has 0 amide bonds. The molecule has 0 spiro atoms. The number of nitrogens with one attached hydrogen (secondary N) is 1. The molecule has 2 nitrogen and oxygen atoms in total. The van der Waals surface area contributed by atoms with Gasteiger partial charge in [-0.2, -0.15) is 0 Å². The lowest BCUT2D eigenvalue weighted by molar-refractivity contribution is 0.0423. The Kier molecular flexibility index (Phi) is 12.1. The molecule has 0 aromatic rings. The Morgan fingerprint density at radius 1 is 0.818 bits per heavy atom. The van der Waals surface area contributed by atoms with Crippen LogP contribution < -0.4 is 5.32 Å². The molecule has 0 radical (unpaired) electrons. The molecule has 2 heteroatoms. The maximum atomic E-state index is 3.51. The topological polar surface area (TPSA) is 15.3 Å². The highest BCUT2D eigenvalue weighted by Gasteiger charge is 2.31. The van der Waals surface area contributed by atoms with Crippen LogP contribution in [0.15, 0.2) is 0 Å². The third kappa shape index (κ3) is 8.53. The van der Waals surface area contributed by atoms with Gasteiger partial charge in [0.05, 0.1) is 0 Å². The van der Waals surface area contributed by atoms with Crippen LogP contribution in [0.2, 0.25) is 0 Å². The molecule has 1 saturated heterocycles. The van der Waals surface area contributed by atoms with E-state index in [1.54, 1.807) is 0 Å². The minimum absolute atomic E-state index is 0.886. The van der Waals surface area contributed by atoms with Gasteiger partial charge in [-0.3, -0.25) is 4.90 Å². The van der Waals surface area contributed by atoms with Gasteiger partial charge in [0.15, 0.2) is 0 Å². The molecule has 1 aliphatic rings. The monoisotopic (exact) mass is 310 g/mol. The predicted molar refractivity (Wildman–Crippen MR) is 99.5 cm³/mol. The van der Waals surface area contributed by atoms with Crippen LogP contribution in [-0.2, 0) is 0 Å². The van der Waals surface area contributed by atoms with Crippen molar-refractivity contribution in [3.05, 3.63) is 0 Å². The molecule has 1 unspecified atom stereocenters. The van der Waals surface area contributed by atoms with Crippen molar-refractivity contribution in [1.82, 2.24) is 10.2 Å². The van der Waals surface area contributed by atoms with E-state index in [4.69, 9.17) is 0 Å². The molecule has 0 aromatic heterocycles. The number of nitrogens with zero attached hydrogens (tertiary/aromatic N) is 1. The molecule has 1 heterocycles. The molecule has 132 valence electrons. The maximum Gasteiger partial charge on any atom is 0.00955 e. The molecule has 0 bridgehead atoms. The molecular formula is C20H42N2. The van der Waals surface area contributed by atoms with Crippen LogP contribution >= 0.6 is 0 Å². The number of hydrogen-bond donors (Lipinski definition) is 1. The van der Waals surface area contributed by atoms with Gasteiger partial charge in [-0.05, 0) is 25.3 Å². The van der Waals surface area contributed by atoms with Crippen molar-refractivity contribution in [3.8, 4) is 0 Å². The van der Waals surface area contributed by atoms with Crippen molar-refractivity contribution in [1.29, 1.82) is 0 Å². The van der Waals surface area contributed by atoms with Crippen molar-refractivity contribution in [3.63, 3.8) is 0 Å². The van der Waals surface area contributed by atoms with Gasteiger partial charge < -0.3 is 5.32 Å². The van der Waals surface area contributed by atoms with Gasteiger partial charge in [0.2, 0.25) is 0 Å². The summed E-state index contributed by atoms with van der Waals surface area (Å²) in [7, 11) is 0. The zero-order chi connectivity index (χ0) is 16.0. The molecule has 0 aliphatic carbocycles. The van der Waals surface area contributed by atoms with Crippen molar-refractivity contribution >= 4 is 0 Å². The molecule has 0 aromatic carbocycles. The van der Waals surface area contributed by atoms with Crippen molar-refractivity contribution in [2.24, 2.45) is 5.92 Å². The Labute approximate surface area is 140 Å². The second kappa shape index (κ2) is 13.4. The summed E-state index contributed by atoms with van der Waals surface area (Å²) in [6, 6.07) is 0.886. The molecule has 0 saturated carbocycles. The quantitative estimate of drug-likeness (QED) is 0.417. The fraction of sp³-hybridized carbons (Fsp3) is 1.00. The third-order valence-electron chi connectivity index (χ3n) is 5.22. The summed E-state index contributed by atoms with van der Waals surface area (Å²) >= 11 is 0. The SMILES string of the molecule is CCCCCCCC(CCCCCC)N1CC(CNCC)C1. The largest absolute Gasteiger partial charge is 0.317 e. The van der Waals surface area contributed by atoms with Gasteiger partial charge in [-0.25, -0.2) is 0 Å². The van der Waals surface area contributed by atoms with Gasteiger partial charge in [-0.1, -0.05) is 78.6 Å². The van der Waals surface area contributed by atoms with Crippen LogP contribution in [0.5, 0.6) is 0 Å². The Balaban J connectivity index is 2.19. The van der Waals surface area contributed by atoms with Crippen LogP contribution in [0.1, 0.15) is 91.4 Å². The van der Waals surface area contributed by atoms with Gasteiger partial charge in [-0.15, -0.1) is 0 Å². The highest BCUT2D eigenvalue weighted by molar-refractivity contribution is 4.86. The van der Waals surface area contributed by atoms with Crippen molar-refractivity contribution in [2.45, 2.75) is 97.4 Å². The van der Waals surface area contributed by atoms with E-state index in [1.165, 1.54) is 90.3 Å². The zero-order valence-electron chi connectivity index (χ0n) is 15.7. The first-order chi connectivity index (χ1) is 10.8. The van der Waals surface area contributed by atoms with E-state index in [-0.39, 0.29) is 0 Å². The standard InChI is InChI=1S/C20H42N2/c1-4-7-9-11-13-15-20(14-12-10-8-5-2)22-17-19(18-22)16-21-6-3/h19-21H,4-18H2,1-3H3. The summed E-state index contributed by atoms with van der Waals surface area (Å²) in [6.45, 7) is 11.9. The van der Waals surface area contributed by atoms with Crippen LogP contribution in [0, 0.1) is 5.92 Å². The Bertz CT molecular complexity index is 236. The minimum Gasteiger partial charge on any atom is -0.317 e. The van der Waals surface area contributed by atoms with Gasteiger partial charge >= 0.3 is 0 Å². The van der Waals surface area contributed by atoms with Crippen LogP contribution in [0.4, 0.5) is 0 Å². The van der Waals surface area contributed by atoms with Gasteiger partial charge in [0.25, 0.3) is 0 Å². The van der Waals surface area contributed by atoms with Crippen molar-refractivity contribution < 1.29 is 0 Å². The number of unbranched alkanes of at least 4 members (excludes halogenated alkanes) is 7. The Morgan fingerprint density at radius 2 is 1.36 bits per heavy atom. The van der Waals surface area contributed by atoms with E-state index in [0.717, 1.165) is 18.5 Å². The fourth-order valence-electron chi connectivity index (χ4n) is 3.69. The molecular weight excluding hydrogens is 268 g/mol. The lowest BCUT2D eigenvalue weighted by Crippen LogP contribution is -2.55. The molecule has 1 aliphatic heterocycles. The second-order valence-corrected chi connectivity index (χ2v) is 7.33. The van der Waals surface area contributed by atoms with Crippen molar-refractivity contribution in [2.75, 3.05) is 26.2 Å². The van der Waals surface area contributed by atoms with Crippen LogP contribution in [0.3, 0.4) is 0 Å². The summed E-state index contributed by atoms with van der Waals surface area (Å²) in [5.41, 5.74) is 0. The average molecular weight is 311 g/mol. The molecule has 1 N–H and O–H groups in total. The predicted octanol–water partition coefficient (Wildman–Crippen LogP) is 5.23. The summed E-state index contributed by atoms with van der Waals surface area (Å²) in [5.74, 6) is 0.915. The zero-order valence-corrected chi connectivity index (χ0v) is 15.7. The van der Waals surface area contributed by atoms with Gasteiger partial charge in [0, 0.05) is 25.7 Å². The first kappa shape index (κ1) is 20.0. The first-order valence-corrected chi connectivity index (χ1v) is 10.3. The average Bonchev–Trinajstić information content (AvgIpc) is 2.48. The number of hydrogen-bond acceptors (Lipinski definition) is 2. The summed E-state index contributed by atoms with van der Waals surface area (Å²) < 4.78 is 0. The van der Waals surface area contributed by atoms with E-state index < -0.39 is 0 Å². The molecule has 1 atom stereocenters. The van der Waals surface area contributed by atoms with E-state index >= 15 is 0 Å². The molecule has 22 heavy (non-hydrogen) atoms. The maximum absolute atomic E-state index is 3.51. The van der Waals surface area contributed by atoms with Crippen LogP contribution in [0.25, 0.3) is 0 Å². The molecule has 1 fully saturated rings. The summed E-state index contributed by atoms with van der Waals surface area (Å²) in [4.78, 5) is 2.79. The van der Waals surface area contributed by atoms with E-state index in [0.29, 0.717) is 0 Å².